The van der Waals surface area contributed by atoms with E-state index in [4.69, 9.17) is 5.11 Å². The van der Waals surface area contributed by atoms with E-state index in [0.29, 0.717) is 6.54 Å². The van der Waals surface area contributed by atoms with E-state index in [2.05, 4.69) is 10.3 Å². The number of hydrogen-bond acceptors (Lipinski definition) is 4. The molecule has 0 fully saturated rings. The average Bonchev–Trinajstić information content (AvgIpc) is 2.43. The molecule has 7 heteroatoms. The van der Waals surface area contributed by atoms with Crippen LogP contribution in [0.15, 0.2) is 18.2 Å². The van der Waals surface area contributed by atoms with E-state index in [1.54, 1.807) is 7.05 Å². The molecule has 0 saturated carbocycles. The third-order valence-electron chi connectivity index (χ3n) is 2.50. The molecule has 0 aliphatic rings. The molecule has 0 aliphatic heterocycles. The Morgan fingerprint density at radius 1 is 1.32 bits per heavy atom. The van der Waals surface area contributed by atoms with E-state index < -0.39 is 11.9 Å². The molecule has 19 heavy (non-hydrogen) atoms. The van der Waals surface area contributed by atoms with E-state index in [1.807, 2.05) is 6.92 Å². The van der Waals surface area contributed by atoms with Crippen molar-refractivity contribution >= 4 is 17.8 Å². The molecule has 2 amide bonds. The van der Waals surface area contributed by atoms with Gasteiger partial charge in [-0.25, -0.2) is 9.78 Å². The molecular formula is C12H15N3O4. The van der Waals surface area contributed by atoms with Gasteiger partial charge in [-0.1, -0.05) is 6.07 Å². The maximum absolute atomic E-state index is 11.7. The highest BCUT2D eigenvalue weighted by Crippen LogP contribution is 1.99. The largest absolute Gasteiger partial charge is 0.477 e. The highest BCUT2D eigenvalue weighted by Gasteiger charge is 2.13. The predicted molar refractivity (Wildman–Crippen MR) is 66.8 cm³/mol. The van der Waals surface area contributed by atoms with Gasteiger partial charge < -0.3 is 15.3 Å². The van der Waals surface area contributed by atoms with Crippen molar-refractivity contribution in [1.29, 1.82) is 0 Å². The Kier molecular flexibility index (Phi) is 4.99. The Balaban J connectivity index is 2.66. The van der Waals surface area contributed by atoms with Crippen LogP contribution in [0.5, 0.6) is 0 Å². The van der Waals surface area contributed by atoms with E-state index in [9.17, 15) is 14.4 Å². The fourth-order valence-corrected chi connectivity index (χ4v) is 1.24. The highest BCUT2D eigenvalue weighted by molar-refractivity contribution is 5.96. The summed E-state index contributed by atoms with van der Waals surface area (Å²) in [6.45, 7) is 2.21. The molecule has 0 saturated heterocycles. The SMILES string of the molecule is CCN(C)C(=O)CNC(=O)c1cccc(C(=O)O)n1. The number of carbonyl (C=O) groups excluding carboxylic acids is 2. The molecule has 0 radical (unpaired) electrons. The van der Waals surface area contributed by atoms with Gasteiger partial charge in [0.15, 0.2) is 0 Å². The minimum atomic E-state index is -1.21. The van der Waals surface area contributed by atoms with Crippen LogP contribution in [-0.4, -0.2) is 52.9 Å². The summed E-state index contributed by atoms with van der Waals surface area (Å²) in [5.74, 6) is -2.03. The van der Waals surface area contributed by atoms with Crippen molar-refractivity contribution < 1.29 is 19.5 Å². The number of amides is 2. The number of carboxylic acids is 1. The first kappa shape index (κ1) is 14.6. The normalized spacial score (nSPS) is 9.79. The zero-order valence-corrected chi connectivity index (χ0v) is 10.7. The van der Waals surface area contributed by atoms with Crippen LogP contribution in [0.2, 0.25) is 0 Å². The van der Waals surface area contributed by atoms with Crippen molar-refractivity contribution in [1.82, 2.24) is 15.2 Å². The summed E-state index contributed by atoms with van der Waals surface area (Å²) >= 11 is 0. The second-order valence-corrected chi connectivity index (χ2v) is 3.80. The summed E-state index contributed by atoms with van der Waals surface area (Å²) in [5, 5.41) is 11.2. The maximum Gasteiger partial charge on any atom is 0.354 e. The third-order valence-corrected chi connectivity index (χ3v) is 2.50. The Morgan fingerprint density at radius 3 is 2.53 bits per heavy atom. The van der Waals surface area contributed by atoms with Crippen LogP contribution in [0.25, 0.3) is 0 Å². The van der Waals surface area contributed by atoms with E-state index in [0.717, 1.165) is 0 Å². The average molecular weight is 265 g/mol. The van der Waals surface area contributed by atoms with Gasteiger partial charge in [0.25, 0.3) is 5.91 Å². The fourth-order valence-electron chi connectivity index (χ4n) is 1.24. The smallest absolute Gasteiger partial charge is 0.354 e. The number of nitrogens with zero attached hydrogens (tertiary/aromatic N) is 2. The van der Waals surface area contributed by atoms with Crippen LogP contribution in [0.3, 0.4) is 0 Å². The molecule has 0 atom stereocenters. The van der Waals surface area contributed by atoms with Crippen molar-refractivity contribution in [3.8, 4) is 0 Å². The Hall–Kier alpha value is -2.44. The first-order valence-electron chi connectivity index (χ1n) is 5.68. The molecule has 2 N–H and O–H groups in total. The summed E-state index contributed by atoms with van der Waals surface area (Å²) in [7, 11) is 1.62. The quantitative estimate of drug-likeness (QED) is 0.780. The Bertz CT molecular complexity index is 502. The molecule has 102 valence electrons. The van der Waals surface area contributed by atoms with Gasteiger partial charge in [-0.2, -0.15) is 0 Å². The van der Waals surface area contributed by atoms with Crippen molar-refractivity contribution in [3.63, 3.8) is 0 Å². The van der Waals surface area contributed by atoms with Gasteiger partial charge in [0.1, 0.15) is 11.4 Å². The zero-order chi connectivity index (χ0) is 14.4. The monoisotopic (exact) mass is 265 g/mol. The van der Waals surface area contributed by atoms with Crippen LogP contribution in [0, 0.1) is 0 Å². The fraction of sp³-hybridized carbons (Fsp3) is 0.333. The first-order chi connectivity index (χ1) is 8.95. The lowest BCUT2D eigenvalue weighted by Crippen LogP contribution is -2.38. The molecule has 1 rings (SSSR count). The van der Waals surface area contributed by atoms with Gasteiger partial charge in [-0.3, -0.25) is 9.59 Å². The Labute approximate surface area is 110 Å². The van der Waals surface area contributed by atoms with Crippen LogP contribution in [0.4, 0.5) is 0 Å². The lowest BCUT2D eigenvalue weighted by Gasteiger charge is -2.14. The predicted octanol–water partition coefficient (Wildman–Crippen LogP) is -0.0121. The molecule has 1 heterocycles. The molecule has 1 aromatic rings. The number of pyridine rings is 1. The summed E-state index contributed by atoms with van der Waals surface area (Å²) in [6.07, 6.45) is 0. The topological polar surface area (TPSA) is 99.6 Å². The maximum atomic E-state index is 11.7. The zero-order valence-electron chi connectivity index (χ0n) is 10.7. The lowest BCUT2D eigenvalue weighted by molar-refractivity contribution is -0.128. The second kappa shape index (κ2) is 6.48. The van der Waals surface area contributed by atoms with Gasteiger partial charge >= 0.3 is 5.97 Å². The molecule has 1 aromatic heterocycles. The molecule has 0 unspecified atom stereocenters. The molecule has 0 spiro atoms. The van der Waals surface area contributed by atoms with E-state index in [1.165, 1.54) is 23.1 Å². The van der Waals surface area contributed by atoms with Crippen molar-refractivity contribution in [2.75, 3.05) is 20.1 Å². The van der Waals surface area contributed by atoms with Gasteiger partial charge in [-0.15, -0.1) is 0 Å². The first-order valence-corrected chi connectivity index (χ1v) is 5.68. The third kappa shape index (κ3) is 4.06. The van der Waals surface area contributed by atoms with Gasteiger partial charge in [0.2, 0.25) is 5.91 Å². The van der Waals surface area contributed by atoms with Crippen molar-refractivity contribution in [2.45, 2.75) is 6.92 Å². The summed E-state index contributed by atoms with van der Waals surface area (Å²) in [4.78, 5) is 39.0. The van der Waals surface area contributed by atoms with Crippen molar-refractivity contribution in [3.05, 3.63) is 29.6 Å². The van der Waals surface area contributed by atoms with Gasteiger partial charge in [0.05, 0.1) is 6.54 Å². The molecule has 0 aliphatic carbocycles. The van der Waals surface area contributed by atoms with Crippen LogP contribution >= 0.6 is 0 Å². The van der Waals surface area contributed by atoms with E-state index in [-0.39, 0.29) is 23.8 Å². The number of hydrogen-bond donors (Lipinski definition) is 2. The van der Waals surface area contributed by atoms with Crippen LogP contribution < -0.4 is 5.32 Å². The summed E-state index contributed by atoms with van der Waals surface area (Å²) in [5.41, 5.74) is -0.253. The number of carboxylic acid groups (broad SMARTS) is 1. The molecule has 0 aromatic carbocycles. The molecule has 7 nitrogen and oxygen atoms in total. The standard InChI is InChI=1S/C12H15N3O4/c1-3-15(2)10(16)7-13-11(17)8-5-4-6-9(14-8)12(18)19/h4-6H,3,7H2,1-2H3,(H,13,17)(H,18,19). The van der Waals surface area contributed by atoms with Crippen LogP contribution in [-0.2, 0) is 4.79 Å². The second-order valence-electron chi connectivity index (χ2n) is 3.80. The Morgan fingerprint density at radius 2 is 1.95 bits per heavy atom. The van der Waals surface area contributed by atoms with Gasteiger partial charge in [0, 0.05) is 13.6 Å². The highest BCUT2D eigenvalue weighted by atomic mass is 16.4. The number of nitrogens with one attached hydrogen (secondary N) is 1. The number of aromatic nitrogens is 1. The van der Waals surface area contributed by atoms with E-state index >= 15 is 0 Å². The summed E-state index contributed by atoms with van der Waals surface area (Å²) in [6, 6.07) is 4.09. The number of carbonyl (C=O) groups is 3. The number of likely N-dealkylation sites (N-methyl/N-ethyl adjacent to an activating group) is 1. The van der Waals surface area contributed by atoms with Gasteiger partial charge in [-0.05, 0) is 19.1 Å². The molecular weight excluding hydrogens is 250 g/mol. The minimum Gasteiger partial charge on any atom is -0.477 e. The summed E-state index contributed by atoms with van der Waals surface area (Å²) < 4.78 is 0. The lowest BCUT2D eigenvalue weighted by atomic mass is 10.3. The van der Waals surface area contributed by atoms with Crippen LogP contribution in [0.1, 0.15) is 27.9 Å². The molecule has 0 bridgehead atoms. The number of aromatic carboxylic acids is 1. The minimum absolute atomic E-state index is 0.0353. The van der Waals surface area contributed by atoms with Crippen molar-refractivity contribution in [2.24, 2.45) is 0 Å². The number of rotatable bonds is 5.